The fraction of sp³-hybridized carbons (Fsp3) is 0.389. The number of rotatable bonds is 4. The number of para-hydroxylation sites is 2. The summed E-state index contributed by atoms with van der Waals surface area (Å²) in [5, 5.41) is 7.18. The van der Waals surface area contributed by atoms with E-state index in [-0.39, 0.29) is 18.2 Å². The number of carbonyl (C=O) groups is 2. The van der Waals surface area contributed by atoms with Crippen LogP contribution in [0.15, 0.2) is 24.3 Å². The highest BCUT2D eigenvalue weighted by Crippen LogP contribution is 2.33. The first-order valence-corrected chi connectivity index (χ1v) is 8.25. The van der Waals surface area contributed by atoms with Gasteiger partial charge in [0.25, 0.3) is 5.91 Å². The third kappa shape index (κ3) is 3.22. The Morgan fingerprint density at radius 1 is 1.32 bits per heavy atom. The van der Waals surface area contributed by atoms with E-state index in [0.29, 0.717) is 18.0 Å². The molecule has 0 aliphatic carbocycles. The zero-order valence-electron chi connectivity index (χ0n) is 14.9. The van der Waals surface area contributed by atoms with Crippen LogP contribution in [0.4, 0.5) is 11.4 Å². The molecule has 1 aliphatic rings. The first kappa shape index (κ1) is 17.0. The molecule has 0 spiro atoms. The van der Waals surface area contributed by atoms with Crippen molar-refractivity contribution in [2.24, 2.45) is 7.05 Å². The Bertz CT molecular complexity index is 828. The van der Waals surface area contributed by atoms with Crippen LogP contribution in [0, 0.1) is 13.8 Å². The number of fused-ring (bicyclic) bond motifs is 1. The zero-order chi connectivity index (χ0) is 18.1. The van der Waals surface area contributed by atoms with Gasteiger partial charge in [0, 0.05) is 20.0 Å². The molecule has 1 aromatic carbocycles. The fourth-order valence-corrected chi connectivity index (χ4v) is 2.96. The minimum absolute atomic E-state index is 0.139. The van der Waals surface area contributed by atoms with Crippen LogP contribution in [0.5, 0.6) is 5.75 Å². The molecule has 0 radical (unpaired) electrons. The highest BCUT2D eigenvalue weighted by atomic mass is 16.5. The minimum atomic E-state index is -0.555. The summed E-state index contributed by atoms with van der Waals surface area (Å²) in [4.78, 5) is 26.4. The van der Waals surface area contributed by atoms with E-state index in [0.717, 1.165) is 17.1 Å². The van der Waals surface area contributed by atoms with Crippen LogP contribution < -0.4 is 15.0 Å². The molecule has 7 heteroatoms. The Labute approximate surface area is 146 Å². The molecule has 1 aromatic heterocycles. The van der Waals surface area contributed by atoms with E-state index >= 15 is 0 Å². The summed E-state index contributed by atoms with van der Waals surface area (Å²) in [5.41, 5.74) is 3.10. The molecule has 2 amide bonds. The maximum Gasteiger partial charge on any atom is 0.267 e. The normalized spacial score (nSPS) is 16.4. The molecule has 0 saturated heterocycles. The van der Waals surface area contributed by atoms with Gasteiger partial charge in [0.15, 0.2) is 6.10 Å². The fourth-order valence-electron chi connectivity index (χ4n) is 2.96. The Morgan fingerprint density at radius 3 is 2.72 bits per heavy atom. The SMILES string of the molecule is Cc1nn(C)c(C)c1NC(=O)CCN1C(=O)[C@@H](C)Oc2ccccc21. The van der Waals surface area contributed by atoms with E-state index in [1.165, 1.54) is 0 Å². The lowest BCUT2D eigenvalue weighted by molar-refractivity contribution is -0.125. The molecule has 7 nitrogen and oxygen atoms in total. The van der Waals surface area contributed by atoms with Gasteiger partial charge in [-0.25, -0.2) is 0 Å². The van der Waals surface area contributed by atoms with Crippen LogP contribution in [0.1, 0.15) is 24.7 Å². The largest absolute Gasteiger partial charge is 0.479 e. The van der Waals surface area contributed by atoms with E-state index in [9.17, 15) is 9.59 Å². The summed E-state index contributed by atoms with van der Waals surface area (Å²) < 4.78 is 7.34. The van der Waals surface area contributed by atoms with Crippen LogP contribution in [-0.4, -0.2) is 34.2 Å². The second kappa shape index (κ2) is 6.58. The Balaban J connectivity index is 1.70. The van der Waals surface area contributed by atoms with E-state index < -0.39 is 6.10 Å². The van der Waals surface area contributed by atoms with Gasteiger partial charge in [-0.1, -0.05) is 12.1 Å². The smallest absolute Gasteiger partial charge is 0.267 e. The molecule has 1 atom stereocenters. The summed E-state index contributed by atoms with van der Waals surface area (Å²) in [7, 11) is 1.84. The number of ether oxygens (including phenoxy) is 1. The van der Waals surface area contributed by atoms with Gasteiger partial charge in [-0.2, -0.15) is 5.10 Å². The first-order chi connectivity index (χ1) is 11.9. The van der Waals surface area contributed by atoms with Gasteiger partial charge in [0.2, 0.25) is 5.91 Å². The van der Waals surface area contributed by atoms with Crippen LogP contribution in [-0.2, 0) is 16.6 Å². The number of hydrogen-bond acceptors (Lipinski definition) is 4. The van der Waals surface area contributed by atoms with E-state index in [1.54, 1.807) is 16.5 Å². The predicted octanol–water partition coefficient (Wildman–Crippen LogP) is 2.18. The molecule has 1 N–H and O–H groups in total. The van der Waals surface area contributed by atoms with Crippen molar-refractivity contribution in [1.82, 2.24) is 9.78 Å². The van der Waals surface area contributed by atoms with Crippen molar-refractivity contribution in [3.05, 3.63) is 35.7 Å². The number of aryl methyl sites for hydroxylation is 2. The number of aromatic nitrogens is 2. The number of nitrogens with zero attached hydrogens (tertiary/aromatic N) is 3. The van der Waals surface area contributed by atoms with Crippen molar-refractivity contribution in [3.63, 3.8) is 0 Å². The zero-order valence-corrected chi connectivity index (χ0v) is 14.9. The van der Waals surface area contributed by atoms with Gasteiger partial charge < -0.3 is 15.0 Å². The summed E-state index contributed by atoms with van der Waals surface area (Å²) in [6.07, 6.45) is -0.360. The first-order valence-electron chi connectivity index (χ1n) is 8.25. The topological polar surface area (TPSA) is 76.5 Å². The van der Waals surface area contributed by atoms with Crippen LogP contribution in [0.25, 0.3) is 0 Å². The highest BCUT2D eigenvalue weighted by molar-refractivity contribution is 6.01. The molecule has 132 valence electrons. The minimum Gasteiger partial charge on any atom is -0.479 e. The molecule has 0 unspecified atom stereocenters. The molecule has 3 rings (SSSR count). The average molecular weight is 342 g/mol. The van der Waals surface area contributed by atoms with Gasteiger partial charge in [0.05, 0.1) is 22.8 Å². The Morgan fingerprint density at radius 2 is 2.04 bits per heavy atom. The van der Waals surface area contributed by atoms with Gasteiger partial charge in [0.1, 0.15) is 5.75 Å². The van der Waals surface area contributed by atoms with Gasteiger partial charge in [-0.3, -0.25) is 14.3 Å². The lowest BCUT2D eigenvalue weighted by atomic mass is 10.1. The summed E-state index contributed by atoms with van der Waals surface area (Å²) in [5.74, 6) is 0.373. The monoisotopic (exact) mass is 342 g/mol. The molecule has 0 saturated carbocycles. The van der Waals surface area contributed by atoms with Crippen molar-refractivity contribution in [1.29, 1.82) is 0 Å². The molecule has 1 aliphatic heterocycles. The van der Waals surface area contributed by atoms with Crippen LogP contribution >= 0.6 is 0 Å². The summed E-state index contributed by atoms with van der Waals surface area (Å²) in [6, 6.07) is 7.36. The van der Waals surface area contributed by atoms with E-state index in [2.05, 4.69) is 10.4 Å². The van der Waals surface area contributed by atoms with E-state index in [4.69, 9.17) is 4.74 Å². The van der Waals surface area contributed by atoms with Crippen molar-refractivity contribution in [2.75, 3.05) is 16.8 Å². The standard InChI is InChI=1S/C18H22N4O3/c1-11-17(12(2)21(4)20-11)19-16(23)9-10-22-14-7-5-6-8-15(14)25-13(3)18(22)24/h5-8,13H,9-10H2,1-4H3,(H,19,23)/t13-/m1/s1. The number of nitrogens with one attached hydrogen (secondary N) is 1. The van der Waals surface area contributed by atoms with Gasteiger partial charge >= 0.3 is 0 Å². The van der Waals surface area contributed by atoms with Crippen LogP contribution in [0.2, 0.25) is 0 Å². The second-order valence-electron chi connectivity index (χ2n) is 6.19. The number of amides is 2. The quantitative estimate of drug-likeness (QED) is 0.924. The van der Waals surface area contributed by atoms with E-state index in [1.807, 2.05) is 45.2 Å². The number of carbonyl (C=O) groups excluding carboxylic acids is 2. The lowest BCUT2D eigenvalue weighted by Crippen LogP contribution is -2.45. The van der Waals surface area contributed by atoms with Crippen molar-refractivity contribution in [2.45, 2.75) is 33.3 Å². The van der Waals surface area contributed by atoms with Crippen LogP contribution in [0.3, 0.4) is 0 Å². The Hall–Kier alpha value is -2.83. The average Bonchev–Trinajstić information content (AvgIpc) is 2.81. The lowest BCUT2D eigenvalue weighted by Gasteiger charge is -2.32. The highest BCUT2D eigenvalue weighted by Gasteiger charge is 2.31. The maximum absolute atomic E-state index is 12.4. The Kier molecular flexibility index (Phi) is 4.48. The van der Waals surface area contributed by atoms with Crippen molar-refractivity contribution in [3.8, 4) is 5.75 Å². The van der Waals surface area contributed by atoms with Gasteiger partial charge in [-0.15, -0.1) is 0 Å². The molecule has 0 fully saturated rings. The molecular weight excluding hydrogens is 320 g/mol. The third-order valence-corrected chi connectivity index (χ3v) is 4.41. The molecule has 0 bridgehead atoms. The predicted molar refractivity (Wildman–Crippen MR) is 94.8 cm³/mol. The molecule has 2 aromatic rings. The molecule has 2 heterocycles. The number of benzene rings is 1. The maximum atomic E-state index is 12.4. The summed E-state index contributed by atoms with van der Waals surface area (Å²) >= 11 is 0. The third-order valence-electron chi connectivity index (χ3n) is 4.41. The molecule has 25 heavy (non-hydrogen) atoms. The number of anilines is 2. The van der Waals surface area contributed by atoms with Gasteiger partial charge in [-0.05, 0) is 32.9 Å². The van der Waals surface area contributed by atoms with Crippen molar-refractivity contribution >= 4 is 23.2 Å². The summed E-state index contributed by atoms with van der Waals surface area (Å²) in [6.45, 7) is 5.77. The molecular formula is C18H22N4O3. The van der Waals surface area contributed by atoms with Crippen molar-refractivity contribution < 1.29 is 14.3 Å². The number of hydrogen-bond donors (Lipinski definition) is 1. The second-order valence-corrected chi connectivity index (χ2v) is 6.19.